The lowest BCUT2D eigenvalue weighted by Gasteiger charge is -2.35. The lowest BCUT2D eigenvalue weighted by molar-refractivity contribution is -0.138. The van der Waals surface area contributed by atoms with Gasteiger partial charge in [-0.2, -0.15) is 0 Å². The zero-order chi connectivity index (χ0) is 26.5. The first kappa shape index (κ1) is 27.2. The minimum Gasteiger partial charge on any atom is -0.343 e. The number of nitrogens with one attached hydrogen (secondary N) is 2. The highest BCUT2D eigenvalue weighted by molar-refractivity contribution is 6.12. The third-order valence-electron chi connectivity index (χ3n) is 8.25. The Kier molecular flexibility index (Phi) is 8.95. The topological polar surface area (TPSA) is 90.9 Å². The molecule has 2 N–H and O–H groups in total. The smallest absolute Gasteiger partial charge is 0.245 e. The summed E-state index contributed by atoms with van der Waals surface area (Å²) in [5.74, 6) is 0.291. The number of likely N-dealkylation sites (tertiary alicyclic amines) is 1. The van der Waals surface area contributed by atoms with Gasteiger partial charge in [-0.3, -0.25) is 19.4 Å². The SMILES string of the molecule is CN[C@@H](C)C(=O)N[C@H](C(=O)N1CCC[C@H]1C1=NC(C(=O)c2cccc(C(C)C)c2)=CC1)C1CCCCC1. The second-order valence-corrected chi connectivity index (χ2v) is 11.1. The number of nitrogens with zero attached hydrogens (tertiary/aromatic N) is 2. The predicted molar refractivity (Wildman–Crippen MR) is 147 cm³/mol. The normalized spacial score (nSPS) is 22.0. The summed E-state index contributed by atoms with van der Waals surface area (Å²) in [5, 5.41) is 6.07. The van der Waals surface area contributed by atoms with E-state index in [-0.39, 0.29) is 35.6 Å². The Labute approximate surface area is 221 Å². The second kappa shape index (κ2) is 12.2. The molecule has 1 aliphatic carbocycles. The average Bonchev–Trinajstić information content (AvgIpc) is 3.61. The van der Waals surface area contributed by atoms with Crippen LogP contribution in [0.3, 0.4) is 0 Å². The number of Topliss-reactive ketones (excluding diaryl/α,β-unsaturated/α-hetero) is 1. The van der Waals surface area contributed by atoms with E-state index in [9.17, 15) is 14.4 Å². The van der Waals surface area contributed by atoms with Gasteiger partial charge in [0.1, 0.15) is 11.7 Å². The monoisotopic (exact) mass is 506 g/mol. The van der Waals surface area contributed by atoms with Crippen LogP contribution in [0.25, 0.3) is 0 Å². The first-order chi connectivity index (χ1) is 17.8. The lowest BCUT2D eigenvalue weighted by atomic mass is 9.83. The summed E-state index contributed by atoms with van der Waals surface area (Å²) in [6.07, 6.45) is 9.50. The van der Waals surface area contributed by atoms with E-state index in [1.54, 1.807) is 7.05 Å². The molecule has 37 heavy (non-hydrogen) atoms. The molecule has 0 unspecified atom stereocenters. The molecule has 4 rings (SSSR count). The summed E-state index contributed by atoms with van der Waals surface area (Å²) in [6.45, 7) is 6.69. The highest BCUT2D eigenvalue weighted by Crippen LogP contribution is 2.31. The van der Waals surface area contributed by atoms with Crippen LogP contribution >= 0.6 is 0 Å². The maximum atomic E-state index is 13.9. The van der Waals surface area contributed by atoms with Crippen LogP contribution in [-0.2, 0) is 9.59 Å². The number of hydrogen-bond acceptors (Lipinski definition) is 5. The van der Waals surface area contributed by atoms with Gasteiger partial charge in [-0.1, -0.05) is 51.3 Å². The maximum Gasteiger partial charge on any atom is 0.245 e. The minimum absolute atomic E-state index is 0.00170. The van der Waals surface area contributed by atoms with Gasteiger partial charge in [0.05, 0.1) is 12.1 Å². The van der Waals surface area contributed by atoms with Crippen molar-refractivity contribution >= 4 is 23.3 Å². The number of allylic oxidation sites excluding steroid dienone is 2. The molecule has 1 aromatic rings. The summed E-state index contributed by atoms with van der Waals surface area (Å²) in [4.78, 5) is 46.6. The summed E-state index contributed by atoms with van der Waals surface area (Å²) < 4.78 is 0. The first-order valence-corrected chi connectivity index (χ1v) is 14.0. The molecular formula is C30H42N4O3. The molecule has 0 radical (unpaired) electrons. The van der Waals surface area contributed by atoms with Crippen molar-refractivity contribution in [3.05, 3.63) is 47.2 Å². The second-order valence-electron chi connectivity index (χ2n) is 11.1. The highest BCUT2D eigenvalue weighted by atomic mass is 16.2. The largest absolute Gasteiger partial charge is 0.343 e. The van der Waals surface area contributed by atoms with Gasteiger partial charge in [-0.05, 0) is 69.2 Å². The molecule has 1 saturated carbocycles. The molecule has 2 aliphatic heterocycles. The number of benzene rings is 1. The summed E-state index contributed by atoms with van der Waals surface area (Å²) in [7, 11) is 1.75. The van der Waals surface area contributed by atoms with Crippen molar-refractivity contribution in [3.63, 3.8) is 0 Å². The van der Waals surface area contributed by atoms with Crippen LogP contribution in [0.5, 0.6) is 0 Å². The Balaban J connectivity index is 1.51. The molecule has 7 heteroatoms. The molecule has 7 nitrogen and oxygen atoms in total. The fourth-order valence-corrected chi connectivity index (χ4v) is 5.80. The highest BCUT2D eigenvalue weighted by Gasteiger charge is 2.40. The van der Waals surface area contributed by atoms with E-state index in [4.69, 9.17) is 4.99 Å². The predicted octanol–water partition coefficient (Wildman–Crippen LogP) is 4.39. The van der Waals surface area contributed by atoms with Crippen LogP contribution < -0.4 is 10.6 Å². The zero-order valence-corrected chi connectivity index (χ0v) is 22.8. The van der Waals surface area contributed by atoms with Gasteiger partial charge < -0.3 is 15.5 Å². The van der Waals surface area contributed by atoms with Gasteiger partial charge in [-0.25, -0.2) is 0 Å². The standard InChI is InChI=1S/C30H42N4O3/c1-19(2)22-12-8-13-23(18-22)28(35)25-16-15-24(32-25)26-14-9-17-34(26)30(37)27(21-10-6-5-7-11-21)33-29(36)20(3)31-4/h8,12-13,16,18-21,26-27,31H,5-7,9-11,14-15,17H2,1-4H3,(H,33,36)/t20-,26-,27-/m0/s1. The van der Waals surface area contributed by atoms with E-state index < -0.39 is 6.04 Å². The number of likely N-dealkylation sites (N-methyl/N-ethyl adjacent to an activating group) is 1. The molecule has 2 heterocycles. The third kappa shape index (κ3) is 6.20. The lowest BCUT2D eigenvalue weighted by Crippen LogP contribution is -2.57. The Bertz CT molecular complexity index is 1070. The minimum atomic E-state index is -0.515. The number of amides is 2. The number of aliphatic imine (C=N–C) groups is 1. The molecule has 0 spiro atoms. The van der Waals surface area contributed by atoms with Crippen LogP contribution in [0.15, 0.2) is 41.0 Å². The van der Waals surface area contributed by atoms with Crippen molar-refractivity contribution in [2.24, 2.45) is 10.9 Å². The fourth-order valence-electron chi connectivity index (χ4n) is 5.80. The molecule has 200 valence electrons. The molecule has 1 saturated heterocycles. The van der Waals surface area contributed by atoms with Gasteiger partial charge >= 0.3 is 0 Å². The van der Waals surface area contributed by atoms with Crippen molar-refractivity contribution in [3.8, 4) is 0 Å². The number of carbonyl (C=O) groups is 3. The first-order valence-electron chi connectivity index (χ1n) is 14.0. The quantitative estimate of drug-likeness (QED) is 0.486. The van der Waals surface area contributed by atoms with E-state index in [0.717, 1.165) is 49.8 Å². The van der Waals surface area contributed by atoms with Crippen LogP contribution in [0.1, 0.15) is 94.0 Å². The van der Waals surface area contributed by atoms with E-state index in [1.165, 1.54) is 6.42 Å². The van der Waals surface area contributed by atoms with Crippen molar-refractivity contribution in [1.82, 2.24) is 15.5 Å². The van der Waals surface area contributed by atoms with Crippen molar-refractivity contribution in [1.29, 1.82) is 0 Å². The molecule has 3 aliphatic rings. The number of hydrogen-bond donors (Lipinski definition) is 2. The van der Waals surface area contributed by atoms with Crippen molar-refractivity contribution in [2.45, 2.75) is 96.2 Å². The molecule has 1 aromatic carbocycles. The van der Waals surface area contributed by atoms with Gasteiger partial charge in [-0.15, -0.1) is 0 Å². The third-order valence-corrected chi connectivity index (χ3v) is 8.25. The van der Waals surface area contributed by atoms with Gasteiger partial charge in [0.25, 0.3) is 0 Å². The molecular weight excluding hydrogens is 464 g/mol. The molecule has 0 bridgehead atoms. The summed E-state index contributed by atoms with van der Waals surface area (Å²) in [6, 6.07) is 6.77. The van der Waals surface area contributed by atoms with E-state index >= 15 is 0 Å². The van der Waals surface area contributed by atoms with Crippen LogP contribution in [0.2, 0.25) is 0 Å². The van der Waals surface area contributed by atoms with E-state index in [1.807, 2.05) is 42.2 Å². The number of rotatable bonds is 9. The van der Waals surface area contributed by atoms with Crippen LogP contribution in [-0.4, -0.2) is 59.9 Å². The fraction of sp³-hybridized carbons (Fsp3) is 0.600. The van der Waals surface area contributed by atoms with Gasteiger partial charge in [0, 0.05) is 24.2 Å². The molecule has 3 atom stereocenters. The molecule has 0 aromatic heterocycles. The Hall–Kier alpha value is -2.80. The van der Waals surface area contributed by atoms with Gasteiger partial charge in [0.15, 0.2) is 0 Å². The maximum absolute atomic E-state index is 13.9. The molecule has 2 amide bonds. The number of ketones is 1. The van der Waals surface area contributed by atoms with Crippen molar-refractivity contribution in [2.75, 3.05) is 13.6 Å². The summed E-state index contributed by atoms with van der Waals surface area (Å²) >= 11 is 0. The van der Waals surface area contributed by atoms with Crippen molar-refractivity contribution < 1.29 is 14.4 Å². The van der Waals surface area contributed by atoms with Gasteiger partial charge in [0.2, 0.25) is 17.6 Å². The Morgan fingerprint density at radius 2 is 1.78 bits per heavy atom. The molecule has 2 fully saturated rings. The Morgan fingerprint density at radius 3 is 2.49 bits per heavy atom. The zero-order valence-electron chi connectivity index (χ0n) is 22.8. The van der Waals surface area contributed by atoms with E-state index in [0.29, 0.717) is 30.1 Å². The average molecular weight is 507 g/mol. The van der Waals surface area contributed by atoms with Crippen LogP contribution in [0, 0.1) is 5.92 Å². The summed E-state index contributed by atoms with van der Waals surface area (Å²) in [5.41, 5.74) is 3.13. The Morgan fingerprint density at radius 1 is 1.03 bits per heavy atom. The van der Waals surface area contributed by atoms with Crippen LogP contribution in [0.4, 0.5) is 0 Å². The van der Waals surface area contributed by atoms with E-state index in [2.05, 4.69) is 24.5 Å². The number of carbonyl (C=O) groups excluding carboxylic acids is 3.